The summed E-state index contributed by atoms with van der Waals surface area (Å²) in [5.74, 6) is 1.80. The molecule has 2 nitrogen and oxygen atoms in total. The minimum absolute atomic E-state index is 0.884. The van der Waals surface area contributed by atoms with E-state index in [0.717, 1.165) is 45.3 Å². The summed E-state index contributed by atoms with van der Waals surface area (Å²) in [4.78, 5) is 2.37. The van der Waals surface area contributed by atoms with Gasteiger partial charge in [-0.1, -0.05) is 127 Å². The van der Waals surface area contributed by atoms with Crippen molar-refractivity contribution in [3.63, 3.8) is 0 Å². The standard InChI is InChI=1S/C44H29NO/c1-2-17-34(18-3-1)45(35-19-8-16-32(28-35)37-22-9-13-30-12-4-5-20-36(30)37)41-24-7-6-21-38(41)33-26-27-42-40(29-33)39-23-10-14-31-15-11-25-43(46-42)44(31)39/h1-29H. The summed E-state index contributed by atoms with van der Waals surface area (Å²) in [7, 11) is 0. The van der Waals surface area contributed by atoms with Crippen molar-refractivity contribution in [1.82, 2.24) is 0 Å². The van der Waals surface area contributed by atoms with Gasteiger partial charge in [-0.2, -0.15) is 0 Å². The molecule has 0 aliphatic carbocycles. The molecule has 0 amide bonds. The Balaban J connectivity index is 1.22. The molecule has 0 aromatic heterocycles. The second-order valence-electron chi connectivity index (χ2n) is 11.7. The van der Waals surface area contributed by atoms with Crippen molar-refractivity contribution in [2.24, 2.45) is 0 Å². The Labute approximate surface area is 268 Å². The van der Waals surface area contributed by atoms with Gasteiger partial charge in [0.2, 0.25) is 0 Å². The van der Waals surface area contributed by atoms with Crippen LogP contribution in [0.2, 0.25) is 0 Å². The fourth-order valence-electron chi connectivity index (χ4n) is 6.94. The molecule has 1 aliphatic rings. The highest BCUT2D eigenvalue weighted by Crippen LogP contribution is 2.49. The van der Waals surface area contributed by atoms with Crippen molar-refractivity contribution in [1.29, 1.82) is 0 Å². The highest BCUT2D eigenvalue weighted by Gasteiger charge is 2.22. The minimum Gasteiger partial charge on any atom is -0.456 e. The molecule has 2 heteroatoms. The van der Waals surface area contributed by atoms with E-state index in [1.807, 2.05) is 0 Å². The molecule has 1 heterocycles. The van der Waals surface area contributed by atoms with Crippen LogP contribution >= 0.6 is 0 Å². The van der Waals surface area contributed by atoms with Crippen molar-refractivity contribution in [3.8, 4) is 44.9 Å². The first-order chi connectivity index (χ1) is 22.8. The van der Waals surface area contributed by atoms with E-state index in [9.17, 15) is 0 Å². The van der Waals surface area contributed by atoms with E-state index >= 15 is 0 Å². The smallest absolute Gasteiger partial charge is 0.135 e. The Morgan fingerprint density at radius 3 is 1.93 bits per heavy atom. The largest absolute Gasteiger partial charge is 0.456 e. The monoisotopic (exact) mass is 587 g/mol. The van der Waals surface area contributed by atoms with Gasteiger partial charge in [-0.05, 0) is 86.9 Å². The first-order valence-electron chi connectivity index (χ1n) is 15.7. The molecule has 0 fully saturated rings. The maximum absolute atomic E-state index is 6.43. The Hall–Kier alpha value is -6.12. The number of hydrogen-bond donors (Lipinski definition) is 0. The summed E-state index contributed by atoms with van der Waals surface area (Å²) in [5.41, 5.74) is 10.3. The highest BCUT2D eigenvalue weighted by molar-refractivity contribution is 6.05. The number of benzene rings is 8. The fourth-order valence-corrected chi connectivity index (χ4v) is 6.94. The molecular weight excluding hydrogens is 558 g/mol. The highest BCUT2D eigenvalue weighted by atomic mass is 16.5. The van der Waals surface area contributed by atoms with Crippen LogP contribution in [0, 0.1) is 0 Å². The van der Waals surface area contributed by atoms with Gasteiger partial charge in [-0.3, -0.25) is 0 Å². The molecule has 0 bridgehead atoms. The molecule has 46 heavy (non-hydrogen) atoms. The van der Waals surface area contributed by atoms with Crippen LogP contribution in [-0.2, 0) is 0 Å². The molecule has 0 unspecified atom stereocenters. The van der Waals surface area contributed by atoms with Crippen molar-refractivity contribution < 1.29 is 4.74 Å². The lowest BCUT2D eigenvalue weighted by atomic mass is 9.91. The van der Waals surface area contributed by atoms with E-state index in [1.165, 1.54) is 38.2 Å². The Bertz CT molecular complexity index is 2400. The molecule has 0 saturated heterocycles. The maximum Gasteiger partial charge on any atom is 0.135 e. The Kier molecular flexibility index (Phi) is 6.17. The number of ether oxygens (including phenoxy) is 1. The molecule has 0 spiro atoms. The van der Waals surface area contributed by atoms with Crippen molar-refractivity contribution in [3.05, 3.63) is 176 Å². The van der Waals surface area contributed by atoms with E-state index in [1.54, 1.807) is 0 Å². The lowest BCUT2D eigenvalue weighted by Gasteiger charge is -2.29. The molecule has 8 aromatic rings. The summed E-state index contributed by atoms with van der Waals surface area (Å²) >= 11 is 0. The lowest BCUT2D eigenvalue weighted by Crippen LogP contribution is -2.11. The third-order valence-corrected chi connectivity index (χ3v) is 9.03. The first-order valence-corrected chi connectivity index (χ1v) is 15.7. The van der Waals surface area contributed by atoms with Gasteiger partial charge in [0.05, 0.1) is 5.69 Å². The van der Waals surface area contributed by atoms with E-state index in [4.69, 9.17) is 4.74 Å². The third kappa shape index (κ3) is 4.35. The number of para-hydroxylation sites is 2. The SMILES string of the molecule is c1ccc(N(c2cccc(-c3cccc4ccccc34)c2)c2ccccc2-c2ccc3c(c2)-c2cccc4cccc(c24)O3)cc1. The average molecular weight is 588 g/mol. The maximum atomic E-state index is 6.43. The van der Waals surface area contributed by atoms with Crippen molar-refractivity contribution in [2.75, 3.05) is 4.90 Å². The average Bonchev–Trinajstić information content (AvgIpc) is 3.12. The number of rotatable bonds is 5. The van der Waals surface area contributed by atoms with E-state index in [0.29, 0.717) is 0 Å². The van der Waals surface area contributed by atoms with Crippen LogP contribution in [0.1, 0.15) is 0 Å². The van der Waals surface area contributed by atoms with Gasteiger partial charge < -0.3 is 9.64 Å². The van der Waals surface area contributed by atoms with Gasteiger partial charge in [-0.15, -0.1) is 0 Å². The van der Waals surface area contributed by atoms with E-state index < -0.39 is 0 Å². The zero-order chi connectivity index (χ0) is 30.5. The van der Waals surface area contributed by atoms with Gasteiger partial charge in [-0.25, -0.2) is 0 Å². The number of fused-ring (bicyclic) bond motifs is 3. The molecule has 0 radical (unpaired) electrons. The van der Waals surface area contributed by atoms with Crippen LogP contribution in [0.5, 0.6) is 11.5 Å². The van der Waals surface area contributed by atoms with Crippen LogP contribution in [0.3, 0.4) is 0 Å². The molecule has 8 aromatic carbocycles. The van der Waals surface area contributed by atoms with Crippen LogP contribution in [-0.4, -0.2) is 0 Å². The summed E-state index contributed by atoms with van der Waals surface area (Å²) in [5, 5.41) is 4.85. The number of anilines is 3. The summed E-state index contributed by atoms with van der Waals surface area (Å²) < 4.78 is 6.43. The molecule has 0 N–H and O–H groups in total. The number of nitrogens with zero attached hydrogens (tertiary/aromatic N) is 1. The van der Waals surface area contributed by atoms with Crippen LogP contribution in [0.25, 0.3) is 54.9 Å². The Morgan fingerprint density at radius 1 is 0.370 bits per heavy atom. The minimum atomic E-state index is 0.884. The summed E-state index contributed by atoms with van der Waals surface area (Å²) in [6, 6.07) is 62.7. The first kappa shape index (κ1) is 26.3. The van der Waals surface area contributed by atoms with Gasteiger partial charge in [0.1, 0.15) is 11.5 Å². The normalized spacial score (nSPS) is 11.7. The molecule has 216 valence electrons. The molecule has 1 aliphatic heterocycles. The van der Waals surface area contributed by atoms with Crippen molar-refractivity contribution >= 4 is 38.6 Å². The predicted octanol–water partition coefficient (Wildman–Crippen LogP) is 12.6. The predicted molar refractivity (Wildman–Crippen MR) is 193 cm³/mol. The van der Waals surface area contributed by atoms with Gasteiger partial charge in [0, 0.05) is 27.9 Å². The van der Waals surface area contributed by atoms with Gasteiger partial charge in [0.25, 0.3) is 0 Å². The Morgan fingerprint density at radius 2 is 1.02 bits per heavy atom. The second kappa shape index (κ2) is 10.8. The van der Waals surface area contributed by atoms with E-state index in [2.05, 4.69) is 181 Å². The van der Waals surface area contributed by atoms with Crippen molar-refractivity contribution in [2.45, 2.75) is 0 Å². The van der Waals surface area contributed by atoms with Crippen LogP contribution in [0.4, 0.5) is 17.1 Å². The zero-order valence-electron chi connectivity index (χ0n) is 25.1. The zero-order valence-corrected chi connectivity index (χ0v) is 25.1. The quantitative estimate of drug-likeness (QED) is 0.199. The number of hydrogen-bond acceptors (Lipinski definition) is 2. The molecule has 9 rings (SSSR count). The fraction of sp³-hybridized carbons (Fsp3) is 0. The summed E-state index contributed by atoms with van der Waals surface area (Å²) in [6.07, 6.45) is 0. The van der Waals surface area contributed by atoms with Crippen LogP contribution < -0.4 is 9.64 Å². The van der Waals surface area contributed by atoms with Gasteiger partial charge >= 0.3 is 0 Å². The topological polar surface area (TPSA) is 12.5 Å². The van der Waals surface area contributed by atoms with Gasteiger partial charge in [0.15, 0.2) is 0 Å². The summed E-state index contributed by atoms with van der Waals surface area (Å²) in [6.45, 7) is 0. The van der Waals surface area contributed by atoms with E-state index in [-0.39, 0.29) is 0 Å². The third-order valence-electron chi connectivity index (χ3n) is 9.03. The molecule has 0 atom stereocenters. The second-order valence-corrected chi connectivity index (χ2v) is 11.7. The van der Waals surface area contributed by atoms with Crippen LogP contribution in [0.15, 0.2) is 176 Å². The molecule has 0 saturated carbocycles. The molecular formula is C44H29NO. The lowest BCUT2D eigenvalue weighted by molar-refractivity contribution is 0.487.